The molecule has 0 bridgehead atoms. The molecule has 0 aromatic heterocycles. The molecule has 126 valence electrons. The molecule has 0 spiro atoms. The average Bonchev–Trinajstić information content (AvgIpc) is 2.50. The van der Waals surface area contributed by atoms with E-state index in [9.17, 15) is 14.7 Å². The van der Waals surface area contributed by atoms with Gasteiger partial charge in [0.05, 0.1) is 6.02 Å². The molecule has 1 heterocycles. The second-order valence-corrected chi connectivity index (χ2v) is 6.31. The summed E-state index contributed by atoms with van der Waals surface area (Å²) in [5.41, 5.74) is -1.15. The van der Waals surface area contributed by atoms with E-state index < -0.39 is 23.3 Å². The van der Waals surface area contributed by atoms with E-state index in [0.29, 0.717) is 6.42 Å². The molecule has 1 N–H and O–H groups in total. The summed E-state index contributed by atoms with van der Waals surface area (Å²) in [6, 6.07) is -0.845. The van der Waals surface area contributed by atoms with E-state index in [1.54, 1.807) is 6.92 Å². The van der Waals surface area contributed by atoms with Gasteiger partial charge in [0.15, 0.2) is 0 Å². The number of aliphatic imine (C=N–C) groups is 1. The first-order valence-electron chi connectivity index (χ1n) is 8.60. The van der Waals surface area contributed by atoms with Gasteiger partial charge in [0.25, 0.3) is 5.91 Å². The van der Waals surface area contributed by atoms with Crippen molar-refractivity contribution >= 4 is 17.8 Å². The standard InChI is InChI=1S/C11H18N2O3.C6H12.Na/c1-4-6-7(3)11(5-2)8(14)12-10(16)13-9(11)15;1-2-4-6-5-3-1;/h7H,4-6H2,1-3H3,(H2,12,13,14,15,16);1-6H2;/q;;+1/p-1. The molecule has 2 atom stereocenters. The van der Waals surface area contributed by atoms with Crippen molar-refractivity contribution in [3.8, 4) is 0 Å². The van der Waals surface area contributed by atoms with Crippen molar-refractivity contribution in [1.82, 2.24) is 5.32 Å². The summed E-state index contributed by atoms with van der Waals surface area (Å²) < 4.78 is 0. The van der Waals surface area contributed by atoms with Crippen molar-refractivity contribution in [2.24, 2.45) is 16.3 Å². The first kappa shape index (κ1) is 22.6. The Balaban J connectivity index is 0.000000581. The molecule has 6 heteroatoms. The Morgan fingerprint density at radius 2 is 1.61 bits per heavy atom. The summed E-state index contributed by atoms with van der Waals surface area (Å²) in [4.78, 5) is 27.1. The van der Waals surface area contributed by atoms with Crippen LogP contribution in [-0.4, -0.2) is 17.8 Å². The molecular formula is C17H29N2NaO3. The van der Waals surface area contributed by atoms with E-state index in [1.807, 2.05) is 13.8 Å². The van der Waals surface area contributed by atoms with Crippen LogP contribution in [0.15, 0.2) is 4.99 Å². The number of nitrogens with zero attached hydrogens (tertiary/aromatic N) is 1. The first-order chi connectivity index (χ1) is 10.5. The molecule has 0 radical (unpaired) electrons. The minimum absolute atomic E-state index is 0. The van der Waals surface area contributed by atoms with Crippen LogP contribution in [0.2, 0.25) is 0 Å². The zero-order valence-corrected chi connectivity index (χ0v) is 17.1. The second kappa shape index (κ2) is 11.2. The molecule has 0 aromatic carbocycles. The average molecular weight is 332 g/mol. The smallest absolute Gasteiger partial charge is 0.846 e. The number of nitrogens with one attached hydrogen (secondary N) is 1. The zero-order chi connectivity index (χ0) is 16.6. The fraction of sp³-hybridized carbons (Fsp3) is 0.824. The molecule has 0 aromatic rings. The van der Waals surface area contributed by atoms with E-state index in [2.05, 4.69) is 10.3 Å². The van der Waals surface area contributed by atoms with Gasteiger partial charge in [-0.25, -0.2) is 4.99 Å². The van der Waals surface area contributed by atoms with Gasteiger partial charge in [-0.05, 0) is 18.8 Å². The van der Waals surface area contributed by atoms with Crippen molar-refractivity contribution in [3.05, 3.63) is 0 Å². The predicted molar refractivity (Wildman–Crippen MR) is 85.1 cm³/mol. The van der Waals surface area contributed by atoms with E-state index in [4.69, 9.17) is 0 Å². The summed E-state index contributed by atoms with van der Waals surface area (Å²) in [6.45, 7) is 5.62. The normalized spacial score (nSPS) is 25.3. The first-order valence-corrected chi connectivity index (χ1v) is 8.60. The molecule has 1 saturated carbocycles. The van der Waals surface area contributed by atoms with E-state index in [1.165, 1.54) is 38.5 Å². The van der Waals surface area contributed by atoms with Crippen LogP contribution in [0.4, 0.5) is 0 Å². The Bertz CT molecular complexity index is 411. The number of carbonyl (C=O) groups excluding carboxylic acids is 2. The SMILES string of the molecule is C1CCCCC1.CCCC(C)C1(CC)C(=O)N=C([O-])NC1=O.[Na+]. The van der Waals surface area contributed by atoms with Crippen molar-refractivity contribution in [2.75, 3.05) is 0 Å². The van der Waals surface area contributed by atoms with Crippen LogP contribution in [0.3, 0.4) is 0 Å². The molecule has 2 amide bonds. The van der Waals surface area contributed by atoms with Gasteiger partial charge in [-0.1, -0.05) is 65.7 Å². The summed E-state index contributed by atoms with van der Waals surface area (Å²) in [6.07, 6.45) is 11.0. The number of amides is 2. The largest absolute Gasteiger partial charge is 1.00 e. The monoisotopic (exact) mass is 332 g/mol. The fourth-order valence-electron chi connectivity index (χ4n) is 3.36. The third kappa shape index (κ3) is 5.87. The Hall–Kier alpha value is -0.390. The minimum Gasteiger partial charge on any atom is -0.846 e. The summed E-state index contributed by atoms with van der Waals surface area (Å²) in [7, 11) is 0. The minimum atomic E-state index is -1.15. The van der Waals surface area contributed by atoms with E-state index >= 15 is 0 Å². The third-order valence-electron chi connectivity index (χ3n) is 4.83. The molecule has 1 aliphatic heterocycles. The molecule has 2 rings (SSSR count). The van der Waals surface area contributed by atoms with Gasteiger partial charge in [0.2, 0.25) is 5.91 Å². The molecule has 23 heavy (non-hydrogen) atoms. The molecule has 2 unspecified atom stereocenters. The maximum Gasteiger partial charge on any atom is 1.00 e. The molecule has 2 aliphatic rings. The summed E-state index contributed by atoms with van der Waals surface area (Å²) in [5.74, 6) is -1.20. The van der Waals surface area contributed by atoms with Crippen LogP contribution < -0.4 is 40.0 Å². The van der Waals surface area contributed by atoms with Gasteiger partial charge in [-0.2, -0.15) is 0 Å². The number of amidine groups is 1. The number of hydrogen-bond acceptors (Lipinski definition) is 3. The van der Waals surface area contributed by atoms with E-state index in [-0.39, 0.29) is 35.5 Å². The molecular weight excluding hydrogens is 303 g/mol. The van der Waals surface area contributed by atoms with Gasteiger partial charge in [0.1, 0.15) is 5.41 Å². The summed E-state index contributed by atoms with van der Waals surface area (Å²) in [5, 5.41) is 13.1. The maximum atomic E-state index is 11.9. The molecule has 5 nitrogen and oxygen atoms in total. The Morgan fingerprint density at radius 3 is 1.96 bits per heavy atom. The van der Waals surface area contributed by atoms with Crippen LogP contribution in [0, 0.1) is 11.3 Å². The van der Waals surface area contributed by atoms with Crippen LogP contribution >= 0.6 is 0 Å². The van der Waals surface area contributed by atoms with Crippen molar-refractivity contribution < 1.29 is 44.3 Å². The van der Waals surface area contributed by atoms with Crippen LogP contribution in [-0.2, 0) is 9.59 Å². The predicted octanol–water partition coefficient (Wildman–Crippen LogP) is -0.464. The topological polar surface area (TPSA) is 81.6 Å². The summed E-state index contributed by atoms with van der Waals surface area (Å²) >= 11 is 0. The maximum absolute atomic E-state index is 11.9. The fourth-order valence-corrected chi connectivity index (χ4v) is 3.36. The third-order valence-corrected chi connectivity index (χ3v) is 4.83. The number of hydrogen-bond donors (Lipinski definition) is 1. The Kier molecular flexibility index (Phi) is 11.0. The quantitative estimate of drug-likeness (QED) is 0.558. The molecule has 1 aliphatic carbocycles. The van der Waals surface area contributed by atoms with Gasteiger partial charge < -0.3 is 10.4 Å². The van der Waals surface area contributed by atoms with Crippen molar-refractivity contribution in [3.63, 3.8) is 0 Å². The molecule has 1 fully saturated rings. The van der Waals surface area contributed by atoms with Gasteiger partial charge >= 0.3 is 29.6 Å². The van der Waals surface area contributed by atoms with Crippen molar-refractivity contribution in [1.29, 1.82) is 0 Å². The Labute approximate surface area is 162 Å². The van der Waals surface area contributed by atoms with Crippen molar-refractivity contribution in [2.45, 2.75) is 78.6 Å². The van der Waals surface area contributed by atoms with Gasteiger partial charge in [-0.3, -0.25) is 9.59 Å². The van der Waals surface area contributed by atoms with Crippen LogP contribution in [0.25, 0.3) is 0 Å². The second-order valence-electron chi connectivity index (χ2n) is 6.31. The van der Waals surface area contributed by atoms with Gasteiger partial charge in [-0.15, -0.1) is 0 Å². The van der Waals surface area contributed by atoms with Crippen LogP contribution in [0.5, 0.6) is 0 Å². The molecule has 0 saturated heterocycles. The van der Waals surface area contributed by atoms with E-state index in [0.717, 1.165) is 12.8 Å². The van der Waals surface area contributed by atoms with Gasteiger partial charge in [0, 0.05) is 0 Å². The zero-order valence-electron chi connectivity index (χ0n) is 15.1. The number of carbonyl (C=O) groups is 2. The van der Waals surface area contributed by atoms with Crippen LogP contribution in [0.1, 0.15) is 78.6 Å². The number of rotatable bonds is 4. The Morgan fingerprint density at radius 1 is 1.13 bits per heavy atom.